The second-order valence-corrected chi connectivity index (χ2v) is 4.09. The molecule has 4 N–H and O–H groups in total. The molecule has 0 fully saturated rings. The van der Waals surface area contributed by atoms with Gasteiger partial charge in [-0.3, -0.25) is 15.5 Å². The first-order valence-corrected chi connectivity index (χ1v) is 6.29. The Kier molecular flexibility index (Phi) is 5.43. The molecule has 1 aromatic rings. The van der Waals surface area contributed by atoms with E-state index in [0.717, 1.165) is 18.4 Å². The van der Waals surface area contributed by atoms with Crippen molar-refractivity contribution in [2.75, 3.05) is 29.3 Å². The fraction of sp³-hybridized carbons (Fsp3) is 0.500. The molecule has 0 aliphatic rings. The smallest absolute Gasteiger partial charge is 0.329 e. The third-order valence-corrected chi connectivity index (χ3v) is 2.61. The molecule has 0 atom stereocenters. The van der Waals surface area contributed by atoms with Crippen LogP contribution in [-0.4, -0.2) is 33.4 Å². The van der Waals surface area contributed by atoms with Crippen LogP contribution in [-0.2, 0) is 0 Å². The molecule has 9 heteroatoms. The second-order valence-electron chi connectivity index (χ2n) is 3.10. The van der Waals surface area contributed by atoms with Crippen LogP contribution < -0.4 is 16.6 Å². The minimum absolute atomic E-state index is 0.142. The maximum absolute atomic E-state index is 10.7. The number of hydrazine groups is 1. The van der Waals surface area contributed by atoms with Crippen LogP contribution in [0.15, 0.2) is 6.20 Å². The number of hydrogen-bond acceptors (Lipinski definition) is 8. The lowest BCUT2D eigenvalue weighted by molar-refractivity contribution is -0.384. The van der Waals surface area contributed by atoms with Gasteiger partial charge in [-0.15, -0.1) is 0 Å². The van der Waals surface area contributed by atoms with Crippen molar-refractivity contribution in [1.29, 1.82) is 0 Å². The lowest BCUT2D eigenvalue weighted by Gasteiger charge is -2.06. The topological polar surface area (TPSA) is 119 Å². The summed E-state index contributed by atoms with van der Waals surface area (Å²) in [6.45, 7) is 0.614. The highest BCUT2D eigenvalue weighted by atomic mass is 32.2. The third-order valence-electron chi connectivity index (χ3n) is 1.91. The van der Waals surface area contributed by atoms with Gasteiger partial charge in [-0.25, -0.2) is 10.8 Å². The fourth-order valence-corrected chi connectivity index (χ4v) is 1.57. The van der Waals surface area contributed by atoms with Crippen molar-refractivity contribution in [2.45, 2.75) is 6.42 Å². The van der Waals surface area contributed by atoms with E-state index >= 15 is 0 Å². The average molecular weight is 258 g/mol. The van der Waals surface area contributed by atoms with Gasteiger partial charge in [0.25, 0.3) is 0 Å². The van der Waals surface area contributed by atoms with Crippen molar-refractivity contribution >= 4 is 29.2 Å². The highest BCUT2D eigenvalue weighted by molar-refractivity contribution is 7.98. The SMILES string of the molecule is CSCCCNc1nc(NN)ncc1[N+](=O)[O-]. The molecule has 0 aliphatic heterocycles. The summed E-state index contributed by atoms with van der Waals surface area (Å²) in [5, 5.41) is 13.6. The Labute approximate surface area is 103 Å². The molecule has 0 spiro atoms. The van der Waals surface area contributed by atoms with E-state index < -0.39 is 4.92 Å². The van der Waals surface area contributed by atoms with E-state index in [1.54, 1.807) is 11.8 Å². The number of aromatic nitrogens is 2. The number of anilines is 2. The molecule has 1 aromatic heterocycles. The molecule has 0 bridgehead atoms. The summed E-state index contributed by atoms with van der Waals surface area (Å²) >= 11 is 1.72. The Morgan fingerprint density at radius 1 is 1.65 bits per heavy atom. The summed E-state index contributed by atoms with van der Waals surface area (Å²) in [5.74, 6) is 6.45. The number of hydrogen-bond donors (Lipinski definition) is 3. The Morgan fingerprint density at radius 2 is 2.41 bits per heavy atom. The summed E-state index contributed by atoms with van der Waals surface area (Å²) in [6, 6.07) is 0. The molecule has 0 saturated heterocycles. The van der Waals surface area contributed by atoms with Crippen molar-refractivity contribution in [3.63, 3.8) is 0 Å². The summed E-state index contributed by atoms with van der Waals surface area (Å²) in [4.78, 5) is 17.8. The third kappa shape index (κ3) is 4.04. The van der Waals surface area contributed by atoms with E-state index in [9.17, 15) is 10.1 Å². The van der Waals surface area contributed by atoms with Gasteiger partial charge < -0.3 is 5.32 Å². The largest absolute Gasteiger partial charge is 0.364 e. The molecule has 0 saturated carbocycles. The van der Waals surface area contributed by atoms with Gasteiger partial charge in [0.15, 0.2) is 0 Å². The van der Waals surface area contributed by atoms with Crippen LogP contribution in [0.1, 0.15) is 6.42 Å². The molecule has 0 unspecified atom stereocenters. The fourth-order valence-electron chi connectivity index (χ4n) is 1.13. The Bertz CT molecular complexity index is 388. The normalized spacial score (nSPS) is 10.0. The minimum Gasteiger partial charge on any atom is -0.364 e. The lowest BCUT2D eigenvalue weighted by atomic mass is 10.4. The maximum Gasteiger partial charge on any atom is 0.329 e. The van der Waals surface area contributed by atoms with Crippen LogP contribution >= 0.6 is 11.8 Å². The van der Waals surface area contributed by atoms with Gasteiger partial charge in [0.2, 0.25) is 11.8 Å². The molecule has 0 amide bonds. The van der Waals surface area contributed by atoms with E-state index in [0.29, 0.717) is 6.54 Å². The number of nitrogen functional groups attached to an aromatic ring is 1. The van der Waals surface area contributed by atoms with Crippen LogP contribution in [0, 0.1) is 10.1 Å². The summed E-state index contributed by atoms with van der Waals surface area (Å²) < 4.78 is 0. The van der Waals surface area contributed by atoms with Crippen LogP contribution in [0.5, 0.6) is 0 Å². The first-order valence-electron chi connectivity index (χ1n) is 4.90. The van der Waals surface area contributed by atoms with Crippen molar-refractivity contribution in [3.05, 3.63) is 16.3 Å². The monoisotopic (exact) mass is 258 g/mol. The number of nitrogens with two attached hydrogens (primary N) is 1. The van der Waals surface area contributed by atoms with E-state index in [2.05, 4.69) is 20.7 Å². The molecule has 8 nitrogen and oxygen atoms in total. The lowest BCUT2D eigenvalue weighted by Crippen LogP contribution is -2.13. The van der Waals surface area contributed by atoms with Gasteiger partial charge in [0.05, 0.1) is 4.92 Å². The summed E-state index contributed by atoms with van der Waals surface area (Å²) in [7, 11) is 0. The highest BCUT2D eigenvalue weighted by Crippen LogP contribution is 2.21. The number of nitrogens with one attached hydrogen (secondary N) is 2. The zero-order valence-corrected chi connectivity index (χ0v) is 10.2. The van der Waals surface area contributed by atoms with E-state index in [-0.39, 0.29) is 17.5 Å². The van der Waals surface area contributed by atoms with E-state index in [1.807, 2.05) is 6.26 Å². The zero-order chi connectivity index (χ0) is 12.7. The number of thioether (sulfide) groups is 1. The quantitative estimate of drug-likeness (QED) is 0.285. The van der Waals surface area contributed by atoms with Crippen molar-refractivity contribution in [3.8, 4) is 0 Å². The van der Waals surface area contributed by atoms with E-state index in [1.165, 1.54) is 0 Å². The maximum atomic E-state index is 10.7. The summed E-state index contributed by atoms with van der Waals surface area (Å²) in [6.07, 6.45) is 4.02. The number of nitrogens with zero attached hydrogens (tertiary/aromatic N) is 3. The molecular weight excluding hydrogens is 244 g/mol. The summed E-state index contributed by atoms with van der Waals surface area (Å²) in [5.41, 5.74) is 2.09. The van der Waals surface area contributed by atoms with Crippen LogP contribution in [0.3, 0.4) is 0 Å². The molecule has 94 valence electrons. The minimum atomic E-state index is -0.531. The highest BCUT2D eigenvalue weighted by Gasteiger charge is 2.16. The van der Waals surface area contributed by atoms with Crippen molar-refractivity contribution in [2.24, 2.45) is 5.84 Å². The molecule has 0 aliphatic carbocycles. The Morgan fingerprint density at radius 3 is 3.00 bits per heavy atom. The predicted molar refractivity (Wildman–Crippen MR) is 68.0 cm³/mol. The number of nitro groups is 1. The number of rotatable bonds is 7. The van der Waals surface area contributed by atoms with Crippen molar-refractivity contribution < 1.29 is 4.92 Å². The van der Waals surface area contributed by atoms with Gasteiger partial charge in [0.1, 0.15) is 6.20 Å². The molecule has 0 aromatic carbocycles. The van der Waals surface area contributed by atoms with E-state index in [4.69, 9.17) is 5.84 Å². The van der Waals surface area contributed by atoms with Crippen LogP contribution in [0.2, 0.25) is 0 Å². The molecule has 0 radical (unpaired) electrons. The Hall–Kier alpha value is -1.61. The molecular formula is C8H14N6O2S. The first-order chi connectivity index (χ1) is 8.19. The average Bonchev–Trinajstić information content (AvgIpc) is 2.34. The van der Waals surface area contributed by atoms with Crippen LogP contribution in [0.4, 0.5) is 17.5 Å². The zero-order valence-electron chi connectivity index (χ0n) is 9.34. The van der Waals surface area contributed by atoms with Gasteiger partial charge in [-0.05, 0) is 18.4 Å². The molecule has 17 heavy (non-hydrogen) atoms. The molecule has 1 heterocycles. The Balaban J connectivity index is 2.75. The van der Waals surface area contributed by atoms with Crippen molar-refractivity contribution in [1.82, 2.24) is 9.97 Å². The second kappa shape index (κ2) is 6.86. The predicted octanol–water partition coefficient (Wildman–Crippen LogP) is 0.835. The van der Waals surface area contributed by atoms with Gasteiger partial charge in [-0.2, -0.15) is 16.7 Å². The first kappa shape index (κ1) is 13.5. The standard InChI is InChI=1S/C8H14N6O2S/c1-17-4-2-3-10-7-6(14(15)16)5-11-8(12-7)13-9/h5H,2-4,9H2,1H3,(H2,10,11,12,13). The molecule has 1 rings (SSSR count). The van der Waals surface area contributed by atoms with Gasteiger partial charge >= 0.3 is 5.69 Å². The van der Waals surface area contributed by atoms with Gasteiger partial charge in [0, 0.05) is 6.54 Å². The van der Waals surface area contributed by atoms with Crippen LogP contribution in [0.25, 0.3) is 0 Å². The van der Waals surface area contributed by atoms with Gasteiger partial charge in [-0.1, -0.05) is 0 Å².